The van der Waals surface area contributed by atoms with Crippen LogP contribution in [-0.4, -0.2) is 22.0 Å². The predicted octanol–water partition coefficient (Wildman–Crippen LogP) is 1.11. The van der Waals surface area contributed by atoms with Gasteiger partial charge in [0.1, 0.15) is 5.56 Å². The van der Waals surface area contributed by atoms with Gasteiger partial charge in [0.15, 0.2) is 4.96 Å². The van der Waals surface area contributed by atoms with Gasteiger partial charge < -0.3 is 9.14 Å². The second-order valence-electron chi connectivity index (χ2n) is 3.05. The molecule has 5 nitrogen and oxygen atoms in total. The van der Waals surface area contributed by atoms with E-state index in [0.29, 0.717) is 9.84 Å². The number of thiazole rings is 1. The molecular weight excluding hydrogens is 317 g/mol. The number of carbonyl (C=O) groups is 1. The number of esters is 1. The van der Waals surface area contributed by atoms with Crippen molar-refractivity contribution in [3.63, 3.8) is 0 Å². The van der Waals surface area contributed by atoms with Crippen LogP contribution < -0.4 is 5.56 Å². The van der Waals surface area contributed by atoms with Gasteiger partial charge in [-0.25, -0.2) is 16.7 Å². The van der Waals surface area contributed by atoms with Gasteiger partial charge in [0, 0.05) is 0 Å². The average molecular weight is 326 g/mol. The molecule has 0 amide bonds. The molecule has 0 spiro atoms. The van der Waals surface area contributed by atoms with Crippen molar-refractivity contribution >= 4 is 22.3 Å². The van der Waals surface area contributed by atoms with E-state index >= 15 is 0 Å². The summed E-state index contributed by atoms with van der Waals surface area (Å²) in [6.07, 6.45) is 2.80. The quantitative estimate of drug-likeness (QED) is 0.613. The second kappa shape index (κ2) is 5.75. The number of rotatable bonds is 2. The summed E-state index contributed by atoms with van der Waals surface area (Å²) in [6.45, 7) is 5.62. The molecule has 0 N–H and O–H groups in total. The number of hydrogen-bond acceptors (Lipinski definition) is 5. The third kappa shape index (κ3) is 2.76. The normalized spacial score (nSPS) is 9.94. The average Bonchev–Trinajstić information content (AvgIpc) is 2.60. The molecule has 2 rings (SSSR count). The van der Waals surface area contributed by atoms with Crippen LogP contribution in [0.15, 0.2) is 17.2 Å². The van der Waals surface area contributed by atoms with E-state index in [1.807, 2.05) is 0 Å². The largest absolute Gasteiger partial charge is 3.00 e. The van der Waals surface area contributed by atoms with Crippen LogP contribution in [0.2, 0.25) is 0 Å². The number of aromatic nitrogens is 2. The van der Waals surface area contributed by atoms with Crippen molar-refractivity contribution < 1.29 is 42.2 Å². The zero-order valence-corrected chi connectivity index (χ0v) is 12.8. The van der Waals surface area contributed by atoms with Crippen molar-refractivity contribution in [2.24, 2.45) is 0 Å². The van der Waals surface area contributed by atoms with E-state index in [1.54, 1.807) is 13.1 Å². The van der Waals surface area contributed by atoms with E-state index < -0.39 is 11.5 Å². The number of fused-ring (bicyclic) bond motifs is 1. The molecule has 17 heavy (non-hydrogen) atoms. The SMILES string of the molecule is [CH2-]c1cn2c(=O)c(C(=O)OCC)cnc2s1.[Y+3]. The van der Waals surface area contributed by atoms with E-state index in [4.69, 9.17) is 4.74 Å². The Morgan fingerprint density at radius 1 is 1.65 bits per heavy atom. The summed E-state index contributed by atoms with van der Waals surface area (Å²) in [5.41, 5.74) is -0.480. The predicted molar refractivity (Wildman–Crippen MR) is 59.8 cm³/mol. The Bertz CT molecular complexity index is 605. The van der Waals surface area contributed by atoms with Gasteiger partial charge in [-0.3, -0.25) is 4.79 Å². The van der Waals surface area contributed by atoms with Crippen molar-refractivity contribution in [3.05, 3.63) is 40.1 Å². The minimum Gasteiger partial charge on any atom is -0.462 e. The van der Waals surface area contributed by atoms with Crippen LogP contribution >= 0.6 is 11.3 Å². The van der Waals surface area contributed by atoms with Gasteiger partial charge in [-0.1, -0.05) is 0 Å². The Morgan fingerprint density at radius 3 is 3.00 bits per heavy atom. The van der Waals surface area contributed by atoms with Gasteiger partial charge in [-0.15, -0.1) is 22.4 Å². The molecular formula is C10H9N2O3SY+2. The van der Waals surface area contributed by atoms with Crippen molar-refractivity contribution in [3.8, 4) is 0 Å². The molecule has 2 aromatic rings. The Morgan fingerprint density at radius 2 is 2.35 bits per heavy atom. The van der Waals surface area contributed by atoms with E-state index in [2.05, 4.69) is 11.9 Å². The Labute approximate surface area is 127 Å². The van der Waals surface area contributed by atoms with Gasteiger partial charge in [-0.2, -0.15) is 0 Å². The van der Waals surface area contributed by atoms with Crippen molar-refractivity contribution in [1.82, 2.24) is 9.38 Å². The van der Waals surface area contributed by atoms with Crippen molar-refractivity contribution in [2.75, 3.05) is 6.61 Å². The molecule has 7 heteroatoms. The van der Waals surface area contributed by atoms with Gasteiger partial charge in [0.2, 0.25) is 0 Å². The molecule has 0 aliphatic carbocycles. The first-order chi connectivity index (χ1) is 7.63. The van der Waals surface area contributed by atoms with Crippen LogP contribution in [0.25, 0.3) is 4.96 Å². The maximum absolute atomic E-state index is 11.9. The number of carbonyl (C=O) groups excluding carboxylic acids is 1. The molecule has 0 fully saturated rings. The number of hydrogen-bond donors (Lipinski definition) is 0. The van der Waals surface area contributed by atoms with E-state index in [0.717, 1.165) is 0 Å². The molecule has 0 aliphatic heterocycles. The molecule has 84 valence electrons. The first kappa shape index (κ1) is 14.3. The first-order valence-electron chi connectivity index (χ1n) is 4.63. The molecule has 0 saturated carbocycles. The first-order valence-corrected chi connectivity index (χ1v) is 5.45. The molecule has 0 bridgehead atoms. The maximum atomic E-state index is 11.9. The molecule has 0 saturated heterocycles. The Kier molecular flexibility index (Phi) is 4.85. The van der Waals surface area contributed by atoms with Gasteiger partial charge >= 0.3 is 38.7 Å². The smallest absolute Gasteiger partial charge is 0.462 e. The number of ether oxygens (including phenoxy) is 1. The van der Waals surface area contributed by atoms with Crippen LogP contribution in [0, 0.1) is 6.92 Å². The summed E-state index contributed by atoms with van der Waals surface area (Å²) in [6, 6.07) is 0. The summed E-state index contributed by atoms with van der Waals surface area (Å²) in [7, 11) is 0. The number of nitrogens with zero attached hydrogens (tertiary/aromatic N) is 2. The van der Waals surface area contributed by atoms with E-state index in [1.165, 1.54) is 21.9 Å². The third-order valence-electron chi connectivity index (χ3n) is 1.95. The minimum absolute atomic E-state index is 0. The molecule has 0 radical (unpaired) electrons. The summed E-state index contributed by atoms with van der Waals surface area (Å²) in [5.74, 6) is -0.647. The fourth-order valence-electron chi connectivity index (χ4n) is 1.28. The van der Waals surface area contributed by atoms with Gasteiger partial charge in [0.05, 0.1) is 12.8 Å². The van der Waals surface area contributed by atoms with Crippen LogP contribution in [0.3, 0.4) is 0 Å². The standard InChI is InChI=1S/C10H9N2O3S.Y/c1-3-15-9(14)7-4-11-10-12(8(7)13)5-6(2)16-10;/h4-5H,2-3H2,1H3;/q-1;+3. The second-order valence-corrected chi connectivity index (χ2v) is 4.14. The summed E-state index contributed by atoms with van der Waals surface area (Å²) in [5, 5.41) is 0. The topological polar surface area (TPSA) is 60.7 Å². The molecule has 2 aromatic heterocycles. The summed E-state index contributed by atoms with van der Waals surface area (Å²) in [4.78, 5) is 28.5. The third-order valence-corrected chi connectivity index (χ3v) is 2.80. The maximum Gasteiger partial charge on any atom is 3.00 e. The monoisotopic (exact) mass is 326 g/mol. The fraction of sp³-hybridized carbons (Fsp3) is 0.200. The minimum atomic E-state index is -0.647. The summed E-state index contributed by atoms with van der Waals surface area (Å²) < 4.78 is 6.06. The molecule has 0 aliphatic rings. The fourth-order valence-corrected chi connectivity index (χ4v) is 2.01. The molecule has 2 heterocycles. The van der Waals surface area contributed by atoms with Crippen molar-refractivity contribution in [2.45, 2.75) is 6.92 Å². The van der Waals surface area contributed by atoms with Crippen LogP contribution in [0.1, 0.15) is 22.2 Å². The molecule has 0 unspecified atom stereocenters. The van der Waals surface area contributed by atoms with Crippen LogP contribution in [0.5, 0.6) is 0 Å². The Hall–Kier alpha value is -0.716. The van der Waals surface area contributed by atoms with E-state index in [-0.39, 0.29) is 44.9 Å². The van der Waals surface area contributed by atoms with Crippen LogP contribution in [0.4, 0.5) is 0 Å². The summed E-state index contributed by atoms with van der Waals surface area (Å²) >= 11 is 1.29. The van der Waals surface area contributed by atoms with Gasteiger partial charge in [0.25, 0.3) is 5.56 Å². The Balaban J connectivity index is 0.00000144. The zero-order chi connectivity index (χ0) is 11.7. The van der Waals surface area contributed by atoms with Gasteiger partial charge in [-0.05, 0) is 6.92 Å². The van der Waals surface area contributed by atoms with E-state index in [9.17, 15) is 9.59 Å². The molecule has 0 atom stereocenters. The molecule has 0 aromatic carbocycles. The van der Waals surface area contributed by atoms with Crippen LogP contribution in [-0.2, 0) is 37.4 Å². The zero-order valence-electron chi connectivity index (χ0n) is 9.17. The van der Waals surface area contributed by atoms with Crippen molar-refractivity contribution in [1.29, 1.82) is 0 Å².